The number of hydrogen-bond donors (Lipinski definition) is 1. The van der Waals surface area contributed by atoms with Gasteiger partial charge in [-0.2, -0.15) is 15.6 Å². The molecule has 0 aliphatic rings. The van der Waals surface area contributed by atoms with Gasteiger partial charge in [0.15, 0.2) is 5.69 Å². The Balaban J connectivity index is 1.84. The van der Waals surface area contributed by atoms with Crippen molar-refractivity contribution in [2.75, 3.05) is 18.6 Å². The molecule has 0 amide bonds. The minimum absolute atomic E-state index is 0.167. The topological polar surface area (TPSA) is 94.9 Å². The maximum absolute atomic E-state index is 11.9. The maximum atomic E-state index is 11.9. The van der Waals surface area contributed by atoms with Crippen molar-refractivity contribution in [1.82, 2.24) is 15.4 Å². The van der Waals surface area contributed by atoms with E-state index in [-0.39, 0.29) is 12.3 Å². The predicted molar refractivity (Wildman–Crippen MR) is 97.0 cm³/mol. The van der Waals surface area contributed by atoms with E-state index in [1.165, 1.54) is 0 Å². The van der Waals surface area contributed by atoms with E-state index >= 15 is 0 Å². The van der Waals surface area contributed by atoms with Gasteiger partial charge in [-0.1, -0.05) is 12.1 Å². The number of esters is 1. The number of aromatic amines is 1. The van der Waals surface area contributed by atoms with Gasteiger partial charge in [-0.05, 0) is 43.3 Å². The van der Waals surface area contributed by atoms with Crippen molar-refractivity contribution in [1.29, 1.82) is 5.26 Å². The van der Waals surface area contributed by atoms with Crippen LogP contribution >= 0.6 is 0 Å². The van der Waals surface area contributed by atoms with Crippen LogP contribution in [0, 0.1) is 11.3 Å². The monoisotopic (exact) mass is 347 g/mol. The van der Waals surface area contributed by atoms with Gasteiger partial charge in [0.25, 0.3) is 0 Å². The molecule has 2 aromatic carbocycles. The highest BCUT2D eigenvalue weighted by molar-refractivity contribution is 5.94. The fraction of sp³-hybridized carbons (Fsp3) is 0.158. The normalized spacial score (nSPS) is 10.2. The lowest BCUT2D eigenvalue weighted by molar-refractivity contribution is 0.0520. The standard InChI is InChI=1S/C19H17N5O2/c1-3-26-19(25)18-17(21-23-22-18)14-6-10-16(11-7-14)24(2)15-8-4-13(12-20)5-9-15/h4-11H,3H2,1-2H3,(H,21,22,23). The highest BCUT2D eigenvalue weighted by atomic mass is 16.5. The third-order valence-electron chi connectivity index (χ3n) is 3.93. The molecule has 3 aromatic rings. The Kier molecular flexibility index (Phi) is 4.94. The molecule has 0 bridgehead atoms. The quantitative estimate of drug-likeness (QED) is 0.712. The van der Waals surface area contributed by atoms with E-state index in [9.17, 15) is 4.79 Å². The second kappa shape index (κ2) is 7.49. The number of benzene rings is 2. The number of nitriles is 1. The number of aromatic nitrogens is 3. The third-order valence-corrected chi connectivity index (χ3v) is 3.93. The van der Waals surface area contributed by atoms with Crippen LogP contribution in [0.4, 0.5) is 11.4 Å². The van der Waals surface area contributed by atoms with Crippen molar-refractivity contribution in [2.45, 2.75) is 6.92 Å². The number of hydrogen-bond acceptors (Lipinski definition) is 6. The van der Waals surface area contributed by atoms with E-state index < -0.39 is 5.97 Å². The fourth-order valence-electron chi connectivity index (χ4n) is 2.53. The summed E-state index contributed by atoms with van der Waals surface area (Å²) in [4.78, 5) is 13.9. The van der Waals surface area contributed by atoms with Gasteiger partial charge in [0.2, 0.25) is 0 Å². The molecule has 0 unspecified atom stereocenters. The first-order valence-electron chi connectivity index (χ1n) is 8.06. The Hall–Kier alpha value is -3.66. The Morgan fingerprint density at radius 3 is 2.31 bits per heavy atom. The summed E-state index contributed by atoms with van der Waals surface area (Å²) >= 11 is 0. The molecule has 0 aliphatic carbocycles. The van der Waals surface area contributed by atoms with Gasteiger partial charge < -0.3 is 9.64 Å². The maximum Gasteiger partial charge on any atom is 0.361 e. The number of anilines is 2. The van der Waals surface area contributed by atoms with Crippen LogP contribution in [-0.4, -0.2) is 35.0 Å². The zero-order valence-corrected chi connectivity index (χ0v) is 14.4. The lowest BCUT2D eigenvalue weighted by Gasteiger charge is -2.19. The van der Waals surface area contributed by atoms with Crippen LogP contribution in [0.2, 0.25) is 0 Å². The van der Waals surface area contributed by atoms with Crippen molar-refractivity contribution in [3.05, 3.63) is 59.8 Å². The summed E-state index contributed by atoms with van der Waals surface area (Å²) in [5.74, 6) is -0.505. The highest BCUT2D eigenvalue weighted by Gasteiger charge is 2.19. The zero-order valence-electron chi connectivity index (χ0n) is 14.4. The molecule has 0 atom stereocenters. The summed E-state index contributed by atoms with van der Waals surface area (Å²) in [5.41, 5.74) is 3.93. The molecular weight excluding hydrogens is 330 g/mol. The van der Waals surface area contributed by atoms with Crippen molar-refractivity contribution in [3.63, 3.8) is 0 Å². The average Bonchev–Trinajstić information content (AvgIpc) is 3.18. The summed E-state index contributed by atoms with van der Waals surface area (Å²) in [6, 6.07) is 17.0. The zero-order chi connectivity index (χ0) is 18.5. The highest BCUT2D eigenvalue weighted by Crippen LogP contribution is 2.27. The lowest BCUT2D eigenvalue weighted by Crippen LogP contribution is -2.09. The molecule has 0 fully saturated rings. The van der Waals surface area contributed by atoms with Gasteiger partial charge in [0.1, 0.15) is 5.69 Å². The van der Waals surface area contributed by atoms with Crippen molar-refractivity contribution in [3.8, 4) is 17.3 Å². The first-order valence-corrected chi connectivity index (χ1v) is 8.06. The van der Waals surface area contributed by atoms with Gasteiger partial charge in [-0.3, -0.25) is 0 Å². The first kappa shape index (κ1) is 17.2. The molecule has 1 heterocycles. The predicted octanol–water partition coefficient (Wildman–Crippen LogP) is 3.29. The number of rotatable bonds is 5. The molecule has 1 aromatic heterocycles. The van der Waals surface area contributed by atoms with Gasteiger partial charge in [-0.25, -0.2) is 4.79 Å². The number of ether oxygens (including phenoxy) is 1. The van der Waals surface area contributed by atoms with E-state index in [4.69, 9.17) is 10.00 Å². The summed E-state index contributed by atoms with van der Waals surface area (Å²) in [7, 11) is 1.94. The van der Waals surface area contributed by atoms with Gasteiger partial charge in [0, 0.05) is 24.0 Å². The van der Waals surface area contributed by atoms with Crippen molar-refractivity contribution in [2.24, 2.45) is 0 Å². The molecule has 0 radical (unpaired) electrons. The summed E-state index contributed by atoms with van der Waals surface area (Å²) in [6.45, 7) is 2.02. The second-order valence-corrected chi connectivity index (χ2v) is 5.51. The summed E-state index contributed by atoms with van der Waals surface area (Å²) in [5, 5.41) is 19.3. The minimum Gasteiger partial charge on any atom is -0.461 e. The first-order chi connectivity index (χ1) is 12.6. The molecule has 7 heteroatoms. The Labute approximate surface area is 150 Å². The van der Waals surface area contributed by atoms with Crippen LogP contribution in [0.5, 0.6) is 0 Å². The van der Waals surface area contributed by atoms with Gasteiger partial charge >= 0.3 is 5.97 Å². The number of carbonyl (C=O) groups excluding carboxylic acids is 1. The number of nitrogens with one attached hydrogen (secondary N) is 1. The smallest absolute Gasteiger partial charge is 0.361 e. The van der Waals surface area contributed by atoms with E-state index in [1.807, 2.05) is 48.3 Å². The molecule has 0 saturated carbocycles. The molecule has 26 heavy (non-hydrogen) atoms. The van der Waals surface area contributed by atoms with Crippen molar-refractivity contribution < 1.29 is 9.53 Å². The Morgan fingerprint density at radius 2 is 1.73 bits per heavy atom. The summed E-state index contributed by atoms with van der Waals surface area (Å²) in [6.07, 6.45) is 0. The van der Waals surface area contributed by atoms with E-state index in [2.05, 4.69) is 21.5 Å². The van der Waals surface area contributed by atoms with Crippen molar-refractivity contribution >= 4 is 17.3 Å². The SMILES string of the molecule is CCOC(=O)c1n[nH]nc1-c1ccc(N(C)c2ccc(C#N)cc2)cc1. The minimum atomic E-state index is -0.505. The van der Waals surface area contributed by atoms with Crippen LogP contribution in [0.25, 0.3) is 11.3 Å². The largest absolute Gasteiger partial charge is 0.461 e. The second-order valence-electron chi connectivity index (χ2n) is 5.51. The van der Waals surface area contributed by atoms with E-state index in [1.54, 1.807) is 19.1 Å². The van der Waals surface area contributed by atoms with Crippen LogP contribution in [-0.2, 0) is 4.74 Å². The van der Waals surface area contributed by atoms with E-state index in [0.717, 1.165) is 16.9 Å². The molecule has 7 nitrogen and oxygen atoms in total. The fourth-order valence-corrected chi connectivity index (χ4v) is 2.53. The molecule has 0 saturated heterocycles. The van der Waals surface area contributed by atoms with Crippen LogP contribution in [0.15, 0.2) is 48.5 Å². The van der Waals surface area contributed by atoms with Gasteiger partial charge in [-0.15, -0.1) is 5.10 Å². The molecule has 130 valence electrons. The van der Waals surface area contributed by atoms with Crippen LogP contribution in [0.3, 0.4) is 0 Å². The van der Waals surface area contributed by atoms with E-state index in [0.29, 0.717) is 11.3 Å². The molecular formula is C19H17N5O2. The summed E-state index contributed by atoms with van der Waals surface area (Å²) < 4.78 is 4.99. The number of carbonyl (C=O) groups is 1. The van der Waals surface area contributed by atoms with Crippen LogP contribution < -0.4 is 4.90 Å². The average molecular weight is 347 g/mol. The number of nitrogens with zero attached hydrogens (tertiary/aromatic N) is 4. The third kappa shape index (κ3) is 3.39. The molecule has 1 N–H and O–H groups in total. The molecule has 3 rings (SSSR count). The van der Waals surface area contributed by atoms with Gasteiger partial charge in [0.05, 0.1) is 18.2 Å². The molecule has 0 aliphatic heterocycles. The lowest BCUT2D eigenvalue weighted by atomic mass is 10.1. The van der Waals surface area contributed by atoms with Crippen LogP contribution in [0.1, 0.15) is 23.0 Å². The Bertz CT molecular complexity index is 939. The Morgan fingerprint density at radius 1 is 1.12 bits per heavy atom. The number of H-pyrrole nitrogens is 1. The molecule has 0 spiro atoms.